The molecule has 0 aliphatic heterocycles. The largest absolute Gasteiger partial charge is 0.394 e. The van der Waals surface area contributed by atoms with Crippen LogP contribution in [0.2, 0.25) is 0 Å². The van der Waals surface area contributed by atoms with Gasteiger partial charge in [0, 0.05) is 0 Å². The molecule has 3 unspecified atom stereocenters. The molecule has 4 N–H and O–H groups in total. The van der Waals surface area contributed by atoms with Gasteiger partial charge in [0.25, 0.3) is 0 Å². The average Bonchev–Trinajstić information content (AvgIpc) is 2.94. The second kappa shape index (κ2) is 30.1. The van der Waals surface area contributed by atoms with Crippen molar-refractivity contribution in [2.24, 2.45) is 0 Å². The molecule has 0 aromatic rings. The fourth-order valence-corrected chi connectivity index (χ4v) is 5.11. The van der Waals surface area contributed by atoms with Crippen molar-refractivity contribution in [2.45, 2.75) is 193 Å². The number of aliphatic hydroxyl groups is 3. The van der Waals surface area contributed by atoms with Gasteiger partial charge < -0.3 is 20.6 Å². The second-order valence-electron chi connectivity index (χ2n) is 11.7. The van der Waals surface area contributed by atoms with Crippen LogP contribution in [0.1, 0.15) is 174 Å². The molecule has 0 rings (SSSR count). The van der Waals surface area contributed by atoms with Gasteiger partial charge in [-0.3, -0.25) is 4.79 Å². The minimum atomic E-state index is -1.08. The minimum Gasteiger partial charge on any atom is -0.394 e. The number of carbonyl (C=O) groups is 1. The molecule has 232 valence electrons. The monoisotopic (exact) mass is 554 g/mol. The second-order valence-corrected chi connectivity index (χ2v) is 11.7. The van der Waals surface area contributed by atoms with Gasteiger partial charge in [-0.2, -0.15) is 0 Å². The van der Waals surface area contributed by atoms with Crippen LogP contribution in [0.25, 0.3) is 0 Å². The van der Waals surface area contributed by atoms with E-state index in [1.165, 1.54) is 103 Å². The van der Waals surface area contributed by atoms with Gasteiger partial charge >= 0.3 is 0 Å². The zero-order chi connectivity index (χ0) is 28.8. The van der Waals surface area contributed by atoms with Crippen molar-refractivity contribution in [3.8, 4) is 0 Å². The van der Waals surface area contributed by atoms with Crippen molar-refractivity contribution >= 4 is 5.91 Å². The van der Waals surface area contributed by atoms with E-state index in [1.807, 2.05) is 0 Å². The van der Waals surface area contributed by atoms with E-state index in [2.05, 4.69) is 31.3 Å². The first kappa shape index (κ1) is 38.1. The number of rotatable bonds is 30. The number of nitrogens with one attached hydrogen (secondary N) is 1. The topological polar surface area (TPSA) is 89.8 Å². The van der Waals surface area contributed by atoms with Crippen molar-refractivity contribution < 1.29 is 20.1 Å². The third-order valence-electron chi connectivity index (χ3n) is 7.88. The first-order valence-corrected chi connectivity index (χ1v) is 17.0. The lowest BCUT2D eigenvalue weighted by molar-refractivity contribution is -0.131. The highest BCUT2D eigenvalue weighted by molar-refractivity contribution is 5.80. The zero-order valence-electron chi connectivity index (χ0n) is 26.0. The maximum absolute atomic E-state index is 12.3. The maximum atomic E-state index is 12.3. The van der Waals surface area contributed by atoms with Crippen LogP contribution in [0.15, 0.2) is 12.2 Å². The van der Waals surface area contributed by atoms with E-state index in [1.54, 1.807) is 0 Å². The number of amides is 1. The van der Waals surface area contributed by atoms with Crippen molar-refractivity contribution in [3.05, 3.63) is 12.2 Å². The van der Waals surface area contributed by atoms with Gasteiger partial charge in [0.2, 0.25) is 5.91 Å². The molecule has 5 heteroatoms. The average molecular weight is 554 g/mol. The lowest BCUT2D eigenvalue weighted by Crippen LogP contribution is -2.49. The van der Waals surface area contributed by atoms with E-state index < -0.39 is 24.2 Å². The molecule has 5 nitrogen and oxygen atoms in total. The lowest BCUT2D eigenvalue weighted by Gasteiger charge is -2.23. The fraction of sp³-hybridized carbons (Fsp3) is 0.912. The molecule has 0 aromatic carbocycles. The lowest BCUT2D eigenvalue weighted by atomic mass is 10.0. The van der Waals surface area contributed by atoms with Gasteiger partial charge in [-0.05, 0) is 32.1 Å². The summed E-state index contributed by atoms with van der Waals surface area (Å²) in [6.45, 7) is 4.16. The third-order valence-corrected chi connectivity index (χ3v) is 7.88. The molecule has 0 radical (unpaired) electrons. The molecule has 3 atom stereocenters. The Balaban J connectivity index is 3.71. The molecule has 0 fully saturated rings. The van der Waals surface area contributed by atoms with Gasteiger partial charge in [0.15, 0.2) is 0 Å². The van der Waals surface area contributed by atoms with Crippen LogP contribution in [0, 0.1) is 0 Å². The van der Waals surface area contributed by atoms with Gasteiger partial charge in [-0.1, -0.05) is 154 Å². The summed E-state index contributed by atoms with van der Waals surface area (Å²) in [5, 5.41) is 33.0. The van der Waals surface area contributed by atoms with Crippen LogP contribution in [0.5, 0.6) is 0 Å². The molecular formula is C34H67NO4. The summed E-state index contributed by atoms with van der Waals surface area (Å²) < 4.78 is 0. The van der Waals surface area contributed by atoms with Gasteiger partial charge in [0.05, 0.1) is 18.8 Å². The van der Waals surface area contributed by atoms with Crippen LogP contribution < -0.4 is 5.32 Å². The molecule has 0 saturated carbocycles. The van der Waals surface area contributed by atoms with Crippen LogP contribution in [0.3, 0.4) is 0 Å². The van der Waals surface area contributed by atoms with E-state index in [0.717, 1.165) is 44.9 Å². The van der Waals surface area contributed by atoms with E-state index in [0.29, 0.717) is 12.8 Å². The highest BCUT2D eigenvalue weighted by Gasteiger charge is 2.23. The first-order chi connectivity index (χ1) is 19.1. The predicted octanol–water partition coefficient (Wildman–Crippen LogP) is 8.53. The van der Waals surface area contributed by atoms with Crippen LogP contribution >= 0.6 is 0 Å². The Morgan fingerprint density at radius 1 is 0.590 bits per heavy atom. The van der Waals surface area contributed by atoms with E-state index in [4.69, 9.17) is 0 Å². The van der Waals surface area contributed by atoms with Crippen molar-refractivity contribution in [2.75, 3.05) is 6.61 Å². The summed E-state index contributed by atoms with van der Waals surface area (Å²) in [5.74, 6) is -0.483. The van der Waals surface area contributed by atoms with Gasteiger partial charge in [-0.25, -0.2) is 0 Å². The Labute approximate surface area is 242 Å². The quantitative estimate of drug-likeness (QED) is 0.0530. The number of carbonyl (C=O) groups excluding carboxylic acids is 1. The van der Waals surface area contributed by atoms with E-state index >= 15 is 0 Å². The summed E-state index contributed by atoms with van der Waals surface area (Å²) in [6, 6.07) is -0.710. The zero-order valence-corrected chi connectivity index (χ0v) is 26.0. The molecule has 39 heavy (non-hydrogen) atoms. The normalized spacial score (nSPS) is 14.1. The molecule has 0 spiro atoms. The predicted molar refractivity (Wildman–Crippen MR) is 167 cm³/mol. The highest BCUT2D eigenvalue weighted by atomic mass is 16.3. The molecule has 0 heterocycles. The van der Waals surface area contributed by atoms with Crippen molar-refractivity contribution in [1.82, 2.24) is 5.32 Å². The van der Waals surface area contributed by atoms with Crippen LogP contribution in [-0.4, -0.2) is 46.1 Å². The SMILES string of the molecule is CCCC/C=C\CCCCCCC(O)C(=O)NC(CO)C(O)CCCCCCCCCCCCCCCCC. The summed E-state index contributed by atoms with van der Waals surface area (Å²) in [5.41, 5.74) is 0. The smallest absolute Gasteiger partial charge is 0.249 e. The molecule has 0 aromatic heterocycles. The third kappa shape index (κ3) is 25.8. The van der Waals surface area contributed by atoms with Gasteiger partial charge in [0.1, 0.15) is 6.10 Å². The summed E-state index contributed by atoms with van der Waals surface area (Å²) in [7, 11) is 0. The Bertz CT molecular complexity index is 539. The number of aliphatic hydroxyl groups excluding tert-OH is 3. The molecule has 0 saturated heterocycles. The molecule has 0 aliphatic rings. The number of hydrogen-bond acceptors (Lipinski definition) is 4. The Kier molecular flexibility index (Phi) is 29.4. The van der Waals surface area contributed by atoms with Crippen LogP contribution in [0.4, 0.5) is 0 Å². The molecule has 0 bridgehead atoms. The molecular weight excluding hydrogens is 486 g/mol. The molecule has 1 amide bonds. The molecule has 0 aliphatic carbocycles. The number of allylic oxidation sites excluding steroid dienone is 2. The maximum Gasteiger partial charge on any atom is 0.249 e. The Hall–Kier alpha value is -0.910. The summed E-state index contributed by atoms with van der Waals surface area (Å²) in [6.07, 6.45) is 31.9. The standard InChI is InChI=1S/C34H67NO4/c1-3-5-7-9-11-13-15-16-17-18-19-21-22-24-26-28-32(37)31(30-36)35-34(39)33(38)29-27-25-23-20-14-12-10-8-6-4-2/h10,12,31-33,36-38H,3-9,11,13-30H2,1-2H3,(H,35,39)/b12-10-. The van der Waals surface area contributed by atoms with Crippen molar-refractivity contribution in [1.29, 1.82) is 0 Å². The minimum absolute atomic E-state index is 0.315. The van der Waals surface area contributed by atoms with Gasteiger partial charge in [-0.15, -0.1) is 0 Å². The van der Waals surface area contributed by atoms with E-state index in [9.17, 15) is 20.1 Å². The summed E-state index contributed by atoms with van der Waals surface area (Å²) in [4.78, 5) is 12.3. The number of hydrogen-bond donors (Lipinski definition) is 4. The Morgan fingerprint density at radius 3 is 1.49 bits per heavy atom. The highest BCUT2D eigenvalue weighted by Crippen LogP contribution is 2.15. The summed E-state index contributed by atoms with van der Waals surface area (Å²) >= 11 is 0. The fourth-order valence-electron chi connectivity index (χ4n) is 5.11. The Morgan fingerprint density at radius 2 is 1.00 bits per heavy atom. The van der Waals surface area contributed by atoms with Crippen LogP contribution in [-0.2, 0) is 4.79 Å². The first-order valence-electron chi connectivity index (χ1n) is 17.0. The van der Waals surface area contributed by atoms with Crippen molar-refractivity contribution in [3.63, 3.8) is 0 Å². The number of unbranched alkanes of at least 4 members (excludes halogenated alkanes) is 20. The van der Waals surface area contributed by atoms with E-state index in [-0.39, 0.29) is 6.61 Å².